The summed E-state index contributed by atoms with van der Waals surface area (Å²) in [5, 5.41) is 1.67. The highest BCUT2D eigenvalue weighted by Gasteiger charge is 2.28. The van der Waals surface area contributed by atoms with E-state index >= 15 is 0 Å². The Labute approximate surface area is 85.9 Å². The molecule has 0 fully saturated rings. The number of amides is 3. The van der Waals surface area contributed by atoms with Crippen LogP contribution in [-0.4, -0.2) is 34.9 Å². The number of primary amides is 2. The van der Waals surface area contributed by atoms with Crippen molar-refractivity contribution in [3.8, 4) is 0 Å². The van der Waals surface area contributed by atoms with Gasteiger partial charge in [-0.1, -0.05) is 0 Å². The highest BCUT2D eigenvalue weighted by atomic mass is 16.2. The van der Waals surface area contributed by atoms with Crippen LogP contribution in [0.2, 0.25) is 0 Å². The molecule has 2 aliphatic heterocycles. The summed E-state index contributed by atoms with van der Waals surface area (Å²) in [4.78, 5) is 23.3. The predicted octanol–water partition coefficient (Wildman–Crippen LogP) is -1.59. The van der Waals surface area contributed by atoms with Crippen molar-refractivity contribution in [2.45, 2.75) is 0 Å². The zero-order valence-electron chi connectivity index (χ0n) is 7.93. The topological polar surface area (TPSA) is 105 Å². The number of nitrogens with zero attached hydrogens (tertiary/aromatic N) is 2. The molecule has 7 heteroatoms. The lowest BCUT2D eigenvalue weighted by Gasteiger charge is -2.28. The highest BCUT2D eigenvalue weighted by molar-refractivity contribution is 5.94. The van der Waals surface area contributed by atoms with Crippen LogP contribution in [-0.2, 0) is 4.79 Å². The maximum absolute atomic E-state index is 11.1. The van der Waals surface area contributed by atoms with Gasteiger partial charge in [-0.15, -0.1) is 0 Å². The van der Waals surface area contributed by atoms with Gasteiger partial charge in [0, 0.05) is 18.9 Å². The molecule has 0 radical (unpaired) electrons. The Balaban J connectivity index is 2.31. The van der Waals surface area contributed by atoms with E-state index in [4.69, 9.17) is 11.5 Å². The molecule has 0 atom stereocenters. The van der Waals surface area contributed by atoms with Crippen LogP contribution in [0.25, 0.3) is 0 Å². The summed E-state index contributed by atoms with van der Waals surface area (Å²) >= 11 is 0. The quantitative estimate of drug-likeness (QED) is 0.484. The Bertz CT molecular complexity index is 386. The number of hydrogen-bond acceptors (Lipinski definition) is 4. The molecule has 2 rings (SSSR count). The Hall–Kier alpha value is -2.02. The van der Waals surface area contributed by atoms with Gasteiger partial charge in [-0.3, -0.25) is 14.7 Å². The summed E-state index contributed by atoms with van der Waals surface area (Å²) in [5.74, 6) is -0.486. The third-order valence-electron chi connectivity index (χ3n) is 2.36. The number of nitrogens with two attached hydrogens (primary N) is 2. The standard InChI is InChI=1S/C8H11N5O2/c9-7(14)5-3-11-13-2-1-12(8(10)15)4-6(5)13/h1-2,11H,3-4H2,(H2,9,14)(H2,10,15). The Kier molecular flexibility index (Phi) is 2.09. The molecule has 0 spiro atoms. The van der Waals surface area contributed by atoms with Crippen LogP contribution in [0.5, 0.6) is 0 Å². The molecule has 0 aromatic rings. The minimum absolute atomic E-state index is 0.261. The van der Waals surface area contributed by atoms with Gasteiger partial charge in [-0.05, 0) is 0 Å². The number of urea groups is 1. The summed E-state index contributed by atoms with van der Waals surface area (Å²) in [7, 11) is 0. The molecular formula is C8H11N5O2. The second-order valence-electron chi connectivity index (χ2n) is 3.26. The number of fused-ring (bicyclic) bond motifs is 1. The molecule has 80 valence electrons. The second kappa shape index (κ2) is 3.28. The molecule has 15 heavy (non-hydrogen) atoms. The van der Waals surface area contributed by atoms with Crippen molar-refractivity contribution >= 4 is 11.9 Å². The van der Waals surface area contributed by atoms with Crippen LogP contribution in [0, 0.1) is 0 Å². The molecule has 0 unspecified atom stereocenters. The minimum Gasteiger partial charge on any atom is -0.366 e. The predicted molar refractivity (Wildman–Crippen MR) is 51.5 cm³/mol. The van der Waals surface area contributed by atoms with Gasteiger partial charge >= 0.3 is 6.03 Å². The van der Waals surface area contributed by atoms with Crippen molar-refractivity contribution in [1.82, 2.24) is 15.3 Å². The largest absolute Gasteiger partial charge is 0.366 e. The summed E-state index contributed by atoms with van der Waals surface area (Å²) in [6.07, 6.45) is 3.17. The molecule has 3 amide bonds. The molecule has 2 heterocycles. The van der Waals surface area contributed by atoms with Crippen molar-refractivity contribution in [3.05, 3.63) is 23.7 Å². The van der Waals surface area contributed by atoms with Gasteiger partial charge < -0.3 is 11.5 Å². The van der Waals surface area contributed by atoms with E-state index in [2.05, 4.69) is 5.43 Å². The van der Waals surface area contributed by atoms with E-state index in [1.165, 1.54) is 4.90 Å². The van der Waals surface area contributed by atoms with Crippen LogP contribution < -0.4 is 16.9 Å². The first-order valence-electron chi connectivity index (χ1n) is 4.38. The fourth-order valence-corrected chi connectivity index (χ4v) is 1.56. The van der Waals surface area contributed by atoms with E-state index in [-0.39, 0.29) is 6.54 Å². The average molecular weight is 209 g/mol. The van der Waals surface area contributed by atoms with E-state index in [0.29, 0.717) is 17.8 Å². The molecule has 0 aromatic heterocycles. The third-order valence-corrected chi connectivity index (χ3v) is 2.36. The number of rotatable bonds is 1. The van der Waals surface area contributed by atoms with Gasteiger partial charge in [0.05, 0.1) is 17.8 Å². The van der Waals surface area contributed by atoms with Crippen molar-refractivity contribution in [3.63, 3.8) is 0 Å². The summed E-state index contributed by atoms with van der Waals surface area (Å²) in [6, 6.07) is -0.561. The summed E-state index contributed by atoms with van der Waals surface area (Å²) in [5.41, 5.74) is 14.4. The molecule has 5 N–H and O–H groups in total. The van der Waals surface area contributed by atoms with Crippen molar-refractivity contribution in [2.75, 3.05) is 13.1 Å². The smallest absolute Gasteiger partial charge is 0.319 e. The maximum atomic E-state index is 11.1. The average Bonchev–Trinajstić information content (AvgIpc) is 2.59. The van der Waals surface area contributed by atoms with Crippen LogP contribution >= 0.6 is 0 Å². The molecule has 2 aliphatic rings. The van der Waals surface area contributed by atoms with Gasteiger partial charge in [0.25, 0.3) is 0 Å². The van der Waals surface area contributed by atoms with E-state index in [1.807, 2.05) is 0 Å². The Morgan fingerprint density at radius 2 is 2.07 bits per heavy atom. The number of carbonyl (C=O) groups excluding carboxylic acids is 2. The van der Waals surface area contributed by atoms with Gasteiger partial charge in [-0.25, -0.2) is 10.2 Å². The zero-order chi connectivity index (χ0) is 11.0. The summed E-state index contributed by atoms with van der Waals surface area (Å²) < 4.78 is 0. The lowest BCUT2D eigenvalue weighted by molar-refractivity contribution is -0.114. The van der Waals surface area contributed by atoms with E-state index in [1.54, 1.807) is 17.4 Å². The van der Waals surface area contributed by atoms with Gasteiger partial charge in [0.2, 0.25) is 5.91 Å². The van der Waals surface area contributed by atoms with Crippen LogP contribution in [0.15, 0.2) is 23.7 Å². The molecule has 0 saturated heterocycles. The first-order valence-corrected chi connectivity index (χ1v) is 4.38. The third kappa shape index (κ3) is 1.52. The molecular weight excluding hydrogens is 198 g/mol. The second-order valence-corrected chi connectivity index (χ2v) is 3.26. The molecule has 0 aliphatic carbocycles. The van der Waals surface area contributed by atoms with Gasteiger partial charge in [0.15, 0.2) is 0 Å². The van der Waals surface area contributed by atoms with Crippen molar-refractivity contribution < 1.29 is 9.59 Å². The van der Waals surface area contributed by atoms with Gasteiger partial charge in [0.1, 0.15) is 0 Å². The molecule has 7 nitrogen and oxygen atoms in total. The van der Waals surface area contributed by atoms with Crippen LogP contribution in [0.3, 0.4) is 0 Å². The van der Waals surface area contributed by atoms with Crippen LogP contribution in [0.1, 0.15) is 0 Å². The lowest BCUT2D eigenvalue weighted by Crippen LogP contribution is -2.41. The monoisotopic (exact) mass is 209 g/mol. The lowest BCUT2D eigenvalue weighted by atomic mass is 10.2. The van der Waals surface area contributed by atoms with Crippen molar-refractivity contribution in [1.29, 1.82) is 0 Å². The van der Waals surface area contributed by atoms with Gasteiger partial charge in [-0.2, -0.15) is 0 Å². The highest BCUT2D eigenvalue weighted by Crippen LogP contribution is 2.20. The Morgan fingerprint density at radius 3 is 2.67 bits per heavy atom. The number of hydrazine groups is 1. The normalized spacial score (nSPS) is 19.5. The van der Waals surface area contributed by atoms with Crippen molar-refractivity contribution in [2.24, 2.45) is 11.5 Å². The fourth-order valence-electron chi connectivity index (χ4n) is 1.56. The number of carbonyl (C=O) groups is 2. The van der Waals surface area contributed by atoms with E-state index in [0.717, 1.165) is 0 Å². The first-order chi connectivity index (χ1) is 7.09. The zero-order valence-corrected chi connectivity index (χ0v) is 7.93. The van der Waals surface area contributed by atoms with E-state index < -0.39 is 11.9 Å². The fraction of sp³-hybridized carbons (Fsp3) is 0.250. The maximum Gasteiger partial charge on any atom is 0.319 e. The number of nitrogens with one attached hydrogen (secondary N) is 1. The van der Waals surface area contributed by atoms with Crippen LogP contribution in [0.4, 0.5) is 4.79 Å². The minimum atomic E-state index is -0.561. The van der Waals surface area contributed by atoms with E-state index in [9.17, 15) is 9.59 Å². The SMILES string of the molecule is NC(=O)C1=C2CN(C(N)=O)C=CN2NC1. The molecule has 0 saturated carbocycles. The summed E-state index contributed by atoms with van der Waals surface area (Å²) in [6.45, 7) is 0.638. The molecule has 0 bridgehead atoms. The number of hydrogen-bond donors (Lipinski definition) is 3. The molecule has 0 aromatic carbocycles. The Morgan fingerprint density at radius 1 is 1.33 bits per heavy atom. The first kappa shape index (κ1) is 9.53.